The minimum Gasteiger partial charge on any atom is -0.284 e. The van der Waals surface area contributed by atoms with E-state index in [2.05, 4.69) is 10.4 Å². The minimum absolute atomic E-state index is 0.148. The van der Waals surface area contributed by atoms with E-state index < -0.39 is 0 Å². The van der Waals surface area contributed by atoms with E-state index in [-0.39, 0.29) is 11.5 Å². The molecule has 4 saturated carbocycles. The van der Waals surface area contributed by atoms with Crippen molar-refractivity contribution in [1.82, 2.24) is 5.43 Å². The monoisotopic (exact) mass is 258 g/mol. The fourth-order valence-electron chi connectivity index (χ4n) is 5.47. The molecular formula is C16H19FN2. The van der Waals surface area contributed by atoms with E-state index >= 15 is 0 Å². The molecule has 0 aromatic heterocycles. The van der Waals surface area contributed by atoms with Crippen LogP contribution in [0, 0.1) is 29.5 Å². The molecule has 1 N–H and O–H groups in total. The number of rotatable bonds is 1. The quantitative estimate of drug-likeness (QED) is 0.782. The molecule has 0 unspecified atom stereocenters. The van der Waals surface area contributed by atoms with Gasteiger partial charge in [0.05, 0.1) is 5.69 Å². The highest BCUT2D eigenvalue weighted by molar-refractivity contribution is 5.55. The molecular weight excluding hydrogens is 239 g/mol. The molecule has 6 rings (SSSR count). The third-order valence-corrected chi connectivity index (χ3v) is 6.08. The van der Waals surface area contributed by atoms with Crippen LogP contribution in [-0.4, -0.2) is 5.66 Å². The maximum atomic E-state index is 13.1. The molecule has 3 heteroatoms. The zero-order valence-electron chi connectivity index (χ0n) is 11.0. The van der Waals surface area contributed by atoms with Gasteiger partial charge >= 0.3 is 0 Å². The highest BCUT2D eigenvalue weighted by Gasteiger charge is 2.68. The fourth-order valence-corrected chi connectivity index (χ4v) is 5.47. The Kier molecular flexibility index (Phi) is 1.86. The second-order valence-corrected chi connectivity index (χ2v) is 7.05. The van der Waals surface area contributed by atoms with Crippen LogP contribution < -0.4 is 10.4 Å². The normalized spacial score (nSPS) is 46.1. The van der Waals surface area contributed by atoms with Crippen LogP contribution in [0.15, 0.2) is 24.3 Å². The lowest BCUT2D eigenvalue weighted by Crippen LogP contribution is -2.53. The topological polar surface area (TPSA) is 25.0 Å². The van der Waals surface area contributed by atoms with Crippen LogP contribution in [0.25, 0.3) is 0 Å². The van der Waals surface area contributed by atoms with Crippen molar-refractivity contribution in [2.75, 3.05) is 5.01 Å². The first-order valence-corrected chi connectivity index (χ1v) is 7.59. The average molecular weight is 258 g/mol. The Morgan fingerprint density at radius 2 is 1.53 bits per heavy atom. The Morgan fingerprint density at radius 3 is 2.11 bits per heavy atom. The third kappa shape index (κ3) is 1.29. The second-order valence-electron chi connectivity index (χ2n) is 7.05. The van der Waals surface area contributed by atoms with Gasteiger partial charge in [-0.2, -0.15) is 0 Å². The van der Waals surface area contributed by atoms with Gasteiger partial charge in [0, 0.05) is 0 Å². The van der Waals surface area contributed by atoms with Crippen LogP contribution >= 0.6 is 0 Å². The lowest BCUT2D eigenvalue weighted by molar-refractivity contribution is -0.0164. The van der Waals surface area contributed by atoms with Crippen LogP contribution in [0.2, 0.25) is 0 Å². The molecule has 1 aromatic rings. The Bertz CT molecular complexity index is 496. The summed E-state index contributed by atoms with van der Waals surface area (Å²) in [6.07, 6.45) is 7.09. The molecule has 1 heterocycles. The van der Waals surface area contributed by atoms with Crippen molar-refractivity contribution in [3.05, 3.63) is 30.1 Å². The number of halogens is 1. The predicted molar refractivity (Wildman–Crippen MR) is 71.8 cm³/mol. The Balaban J connectivity index is 1.49. The first kappa shape index (κ1) is 10.7. The van der Waals surface area contributed by atoms with Gasteiger partial charge in [-0.1, -0.05) is 0 Å². The van der Waals surface area contributed by atoms with Crippen LogP contribution in [0.3, 0.4) is 0 Å². The van der Waals surface area contributed by atoms with Gasteiger partial charge in [0.15, 0.2) is 0 Å². The number of hydrogen-bond donors (Lipinski definition) is 1. The number of benzene rings is 1. The Morgan fingerprint density at radius 1 is 0.947 bits per heavy atom. The number of anilines is 1. The first-order valence-electron chi connectivity index (χ1n) is 7.59. The number of nitrogens with one attached hydrogen (secondary N) is 1. The van der Waals surface area contributed by atoms with E-state index in [4.69, 9.17) is 0 Å². The molecule has 1 aliphatic heterocycles. The number of hydrazine groups is 1. The molecule has 100 valence electrons. The summed E-state index contributed by atoms with van der Waals surface area (Å²) in [5.41, 5.74) is 5.03. The molecule has 4 bridgehead atoms. The van der Waals surface area contributed by atoms with Crippen molar-refractivity contribution >= 4 is 5.69 Å². The molecule has 0 radical (unpaired) electrons. The molecule has 1 saturated heterocycles. The van der Waals surface area contributed by atoms with E-state index in [0.717, 1.165) is 29.4 Å². The summed E-state index contributed by atoms with van der Waals surface area (Å²) in [6, 6.07) is 6.95. The molecule has 4 aliphatic carbocycles. The zero-order chi connectivity index (χ0) is 12.6. The average Bonchev–Trinajstić information content (AvgIpc) is 3.13. The molecule has 5 fully saturated rings. The van der Waals surface area contributed by atoms with Gasteiger partial charge in [0.2, 0.25) is 0 Å². The molecule has 5 aliphatic rings. The SMILES string of the molecule is Fc1ccc(N2NC23C2CC4CC(C2)CC3C4)cc1. The third-order valence-electron chi connectivity index (χ3n) is 6.08. The summed E-state index contributed by atoms with van der Waals surface area (Å²) in [6.45, 7) is 0. The zero-order valence-corrected chi connectivity index (χ0v) is 11.0. The Labute approximate surface area is 113 Å². The molecule has 0 atom stereocenters. The molecule has 2 nitrogen and oxygen atoms in total. The van der Waals surface area contributed by atoms with E-state index in [1.165, 1.54) is 32.1 Å². The highest BCUT2D eigenvalue weighted by Crippen LogP contribution is 2.63. The van der Waals surface area contributed by atoms with Gasteiger partial charge in [0.25, 0.3) is 0 Å². The van der Waals surface area contributed by atoms with Crippen molar-refractivity contribution in [1.29, 1.82) is 0 Å². The lowest BCUT2D eigenvalue weighted by Gasteiger charge is -2.53. The molecule has 1 spiro atoms. The van der Waals surface area contributed by atoms with Crippen molar-refractivity contribution in [2.45, 2.75) is 37.8 Å². The van der Waals surface area contributed by atoms with Crippen molar-refractivity contribution in [2.24, 2.45) is 23.7 Å². The van der Waals surface area contributed by atoms with Crippen molar-refractivity contribution < 1.29 is 4.39 Å². The van der Waals surface area contributed by atoms with Gasteiger partial charge in [-0.05, 0) is 80.0 Å². The van der Waals surface area contributed by atoms with E-state index in [1.807, 2.05) is 12.1 Å². The molecule has 1 aromatic carbocycles. The maximum Gasteiger partial charge on any atom is 0.128 e. The van der Waals surface area contributed by atoms with Crippen molar-refractivity contribution in [3.8, 4) is 0 Å². The van der Waals surface area contributed by atoms with Gasteiger partial charge in [0.1, 0.15) is 11.5 Å². The highest BCUT2D eigenvalue weighted by atomic mass is 19.1. The van der Waals surface area contributed by atoms with E-state index in [0.29, 0.717) is 0 Å². The smallest absolute Gasteiger partial charge is 0.128 e. The van der Waals surface area contributed by atoms with Gasteiger partial charge < -0.3 is 0 Å². The predicted octanol–water partition coefficient (Wildman–Crippen LogP) is 3.30. The van der Waals surface area contributed by atoms with Crippen LogP contribution in [0.4, 0.5) is 10.1 Å². The van der Waals surface area contributed by atoms with E-state index in [1.54, 1.807) is 12.1 Å². The van der Waals surface area contributed by atoms with Crippen LogP contribution in [0.5, 0.6) is 0 Å². The summed E-state index contributed by atoms with van der Waals surface area (Å²) < 4.78 is 13.1. The fraction of sp³-hybridized carbons (Fsp3) is 0.625. The van der Waals surface area contributed by atoms with Crippen LogP contribution in [0.1, 0.15) is 32.1 Å². The largest absolute Gasteiger partial charge is 0.284 e. The summed E-state index contributed by atoms with van der Waals surface area (Å²) >= 11 is 0. The van der Waals surface area contributed by atoms with Crippen LogP contribution in [-0.2, 0) is 0 Å². The standard InChI is InChI=1S/C16H19FN2/c17-14-1-3-15(4-2-14)19-16(18-19)12-6-10-5-11(8-12)9-13(16)7-10/h1-4,10-13,18H,5-9H2. The number of nitrogens with zero attached hydrogens (tertiary/aromatic N) is 1. The maximum absolute atomic E-state index is 13.1. The van der Waals surface area contributed by atoms with Gasteiger partial charge in [-0.25, -0.2) is 9.82 Å². The lowest BCUT2D eigenvalue weighted by atomic mass is 9.52. The summed E-state index contributed by atoms with van der Waals surface area (Å²) in [5.74, 6) is 3.46. The molecule has 19 heavy (non-hydrogen) atoms. The van der Waals surface area contributed by atoms with Crippen molar-refractivity contribution in [3.63, 3.8) is 0 Å². The van der Waals surface area contributed by atoms with E-state index in [9.17, 15) is 4.39 Å². The first-order chi connectivity index (χ1) is 9.25. The Hall–Kier alpha value is -1.09. The summed E-state index contributed by atoms with van der Waals surface area (Å²) in [4.78, 5) is 0. The molecule has 0 amide bonds. The minimum atomic E-state index is -0.148. The number of hydrogen-bond acceptors (Lipinski definition) is 2. The summed E-state index contributed by atoms with van der Waals surface area (Å²) in [5, 5.41) is 2.33. The second kappa shape index (κ2) is 3.32. The van der Waals surface area contributed by atoms with Gasteiger partial charge in [-0.15, -0.1) is 0 Å². The van der Waals surface area contributed by atoms with Gasteiger partial charge in [-0.3, -0.25) is 5.01 Å². The summed E-state index contributed by atoms with van der Waals surface area (Å²) in [7, 11) is 0.